The Morgan fingerprint density at radius 3 is 2.82 bits per heavy atom. The van der Waals surface area contributed by atoms with Gasteiger partial charge in [-0.05, 0) is 50.7 Å². The summed E-state index contributed by atoms with van der Waals surface area (Å²) in [5.41, 5.74) is 0.753. The van der Waals surface area contributed by atoms with E-state index < -0.39 is 0 Å². The molecule has 1 aromatic heterocycles. The van der Waals surface area contributed by atoms with E-state index in [2.05, 4.69) is 20.1 Å². The number of hydrogen-bond donors (Lipinski definition) is 1. The zero-order valence-corrected chi connectivity index (χ0v) is 16.7. The number of carbonyl (C=O) groups excluding carboxylic acids is 1. The molecule has 1 amide bonds. The largest absolute Gasteiger partial charge is 0.492 e. The third-order valence-electron chi connectivity index (χ3n) is 6.05. The summed E-state index contributed by atoms with van der Waals surface area (Å²) in [5, 5.41) is 12.0. The maximum atomic E-state index is 12.6. The van der Waals surface area contributed by atoms with Crippen LogP contribution >= 0.6 is 0 Å². The van der Waals surface area contributed by atoms with Gasteiger partial charge in [-0.15, -0.1) is 10.2 Å². The summed E-state index contributed by atoms with van der Waals surface area (Å²) >= 11 is 0. The number of fused-ring (bicyclic) bond motifs is 1. The van der Waals surface area contributed by atoms with Crippen molar-refractivity contribution < 1.29 is 9.53 Å². The van der Waals surface area contributed by atoms with Crippen LogP contribution in [0.25, 0.3) is 0 Å². The lowest BCUT2D eigenvalue weighted by atomic mass is 9.96. The smallest absolute Gasteiger partial charge is 0.224 e. The number of nitrogens with one attached hydrogen (secondary N) is 1. The molecule has 6 heteroatoms. The van der Waals surface area contributed by atoms with E-state index in [0.717, 1.165) is 43.1 Å². The van der Waals surface area contributed by atoms with E-state index in [0.29, 0.717) is 24.9 Å². The second-order valence-electron chi connectivity index (χ2n) is 7.98. The van der Waals surface area contributed by atoms with Crippen molar-refractivity contribution in [1.82, 2.24) is 14.8 Å². The van der Waals surface area contributed by atoms with E-state index in [1.165, 1.54) is 31.5 Å². The summed E-state index contributed by atoms with van der Waals surface area (Å²) in [7, 11) is 0. The lowest BCUT2D eigenvalue weighted by Gasteiger charge is -2.16. The monoisotopic (exact) mass is 382 g/mol. The molecule has 0 radical (unpaired) electrons. The van der Waals surface area contributed by atoms with E-state index in [-0.39, 0.29) is 5.91 Å². The number of para-hydroxylation sites is 2. The number of aromatic nitrogens is 3. The van der Waals surface area contributed by atoms with Crippen molar-refractivity contribution >= 4 is 11.6 Å². The number of benzene rings is 1. The molecule has 0 spiro atoms. The first kappa shape index (κ1) is 19.0. The molecule has 2 heterocycles. The predicted octanol–water partition coefficient (Wildman–Crippen LogP) is 4.32. The molecule has 1 unspecified atom stereocenters. The summed E-state index contributed by atoms with van der Waals surface area (Å²) in [6.45, 7) is 3.46. The second kappa shape index (κ2) is 8.76. The average Bonchev–Trinajstić information content (AvgIpc) is 3.31. The topological polar surface area (TPSA) is 69.0 Å². The van der Waals surface area contributed by atoms with Crippen LogP contribution in [0.3, 0.4) is 0 Å². The van der Waals surface area contributed by atoms with Crippen molar-refractivity contribution in [2.45, 2.75) is 70.8 Å². The number of aryl methyl sites for hydroxylation is 1. The highest BCUT2D eigenvalue weighted by Crippen LogP contribution is 2.35. The van der Waals surface area contributed by atoms with Gasteiger partial charge in [-0.2, -0.15) is 0 Å². The molecular weight excluding hydrogens is 352 g/mol. The fourth-order valence-electron chi connectivity index (χ4n) is 4.57. The van der Waals surface area contributed by atoms with Crippen LogP contribution in [0.1, 0.15) is 69.4 Å². The normalized spacial score (nSPS) is 19.8. The van der Waals surface area contributed by atoms with Gasteiger partial charge in [0.2, 0.25) is 5.91 Å². The number of rotatable bonds is 6. The molecule has 150 valence electrons. The first-order chi connectivity index (χ1) is 13.7. The highest BCUT2D eigenvalue weighted by atomic mass is 16.5. The third-order valence-corrected chi connectivity index (χ3v) is 6.05. The highest BCUT2D eigenvalue weighted by Gasteiger charge is 2.27. The van der Waals surface area contributed by atoms with E-state index in [1.807, 2.05) is 31.2 Å². The maximum Gasteiger partial charge on any atom is 0.224 e. The number of hydrogen-bond acceptors (Lipinski definition) is 4. The zero-order chi connectivity index (χ0) is 19.3. The Morgan fingerprint density at radius 2 is 2.00 bits per heavy atom. The Balaban J connectivity index is 1.36. The standard InChI is InChI=1S/C22H30N4O2/c1-2-28-19-10-6-5-9-18(19)23-21(27)15-16-11-12-20-24-25-22(26(20)14-13-16)17-7-3-4-8-17/h5-6,9-10,16-17H,2-4,7-8,11-15H2,1H3,(H,23,27). The Morgan fingerprint density at radius 1 is 1.18 bits per heavy atom. The van der Waals surface area contributed by atoms with Crippen LogP contribution in [0, 0.1) is 5.92 Å². The molecule has 6 nitrogen and oxygen atoms in total. The molecule has 1 N–H and O–H groups in total. The van der Waals surface area contributed by atoms with Crippen molar-refractivity contribution in [2.75, 3.05) is 11.9 Å². The first-order valence-electron chi connectivity index (χ1n) is 10.7. The van der Waals surface area contributed by atoms with Crippen LogP contribution in [-0.4, -0.2) is 27.3 Å². The molecule has 1 aliphatic heterocycles. The van der Waals surface area contributed by atoms with Crippen molar-refractivity contribution in [3.63, 3.8) is 0 Å². The molecule has 1 aliphatic carbocycles. The molecule has 0 saturated heterocycles. The minimum atomic E-state index is 0.0610. The molecular formula is C22H30N4O2. The van der Waals surface area contributed by atoms with Gasteiger partial charge in [0.1, 0.15) is 17.4 Å². The third kappa shape index (κ3) is 4.21. The van der Waals surface area contributed by atoms with Gasteiger partial charge in [-0.3, -0.25) is 4.79 Å². The lowest BCUT2D eigenvalue weighted by Crippen LogP contribution is -2.18. The fourth-order valence-corrected chi connectivity index (χ4v) is 4.57. The van der Waals surface area contributed by atoms with Gasteiger partial charge in [0.05, 0.1) is 12.3 Å². The minimum Gasteiger partial charge on any atom is -0.492 e. The molecule has 1 aromatic carbocycles. The average molecular weight is 383 g/mol. The molecule has 1 saturated carbocycles. The quantitative estimate of drug-likeness (QED) is 0.808. The van der Waals surface area contributed by atoms with Crippen LogP contribution in [0.2, 0.25) is 0 Å². The van der Waals surface area contributed by atoms with Crippen molar-refractivity contribution in [2.24, 2.45) is 5.92 Å². The second-order valence-corrected chi connectivity index (χ2v) is 7.98. The molecule has 28 heavy (non-hydrogen) atoms. The number of amides is 1. The lowest BCUT2D eigenvalue weighted by molar-refractivity contribution is -0.117. The first-order valence-corrected chi connectivity index (χ1v) is 10.7. The van der Waals surface area contributed by atoms with E-state index in [1.54, 1.807) is 0 Å². The Hall–Kier alpha value is -2.37. The van der Waals surface area contributed by atoms with Gasteiger partial charge >= 0.3 is 0 Å². The summed E-state index contributed by atoms with van der Waals surface area (Å²) in [5.74, 6) is 4.03. The number of carbonyl (C=O) groups is 1. The highest BCUT2D eigenvalue weighted by molar-refractivity contribution is 5.92. The predicted molar refractivity (Wildman–Crippen MR) is 109 cm³/mol. The van der Waals surface area contributed by atoms with Crippen LogP contribution in [0.15, 0.2) is 24.3 Å². The molecule has 2 aromatic rings. The number of ether oxygens (including phenoxy) is 1. The van der Waals surface area contributed by atoms with Gasteiger partial charge in [-0.1, -0.05) is 25.0 Å². The number of anilines is 1. The Labute approximate surface area is 166 Å². The zero-order valence-electron chi connectivity index (χ0n) is 16.7. The molecule has 0 bridgehead atoms. The molecule has 1 atom stereocenters. The fraction of sp³-hybridized carbons (Fsp3) is 0.591. The van der Waals surface area contributed by atoms with Crippen molar-refractivity contribution in [3.8, 4) is 5.75 Å². The summed E-state index contributed by atoms with van der Waals surface area (Å²) in [6.07, 6.45) is 8.53. The van der Waals surface area contributed by atoms with Crippen LogP contribution in [-0.2, 0) is 17.8 Å². The summed E-state index contributed by atoms with van der Waals surface area (Å²) in [6, 6.07) is 7.62. The van der Waals surface area contributed by atoms with E-state index >= 15 is 0 Å². The van der Waals surface area contributed by atoms with Crippen LogP contribution < -0.4 is 10.1 Å². The Bertz CT molecular complexity index is 811. The van der Waals surface area contributed by atoms with Gasteiger partial charge in [0.15, 0.2) is 0 Å². The molecule has 1 fully saturated rings. The SMILES string of the molecule is CCOc1ccccc1NC(=O)CC1CCc2nnc(C3CCCC3)n2CC1. The van der Waals surface area contributed by atoms with Gasteiger partial charge in [0.25, 0.3) is 0 Å². The molecule has 4 rings (SSSR count). The van der Waals surface area contributed by atoms with Gasteiger partial charge < -0.3 is 14.6 Å². The van der Waals surface area contributed by atoms with Crippen molar-refractivity contribution in [1.29, 1.82) is 0 Å². The van der Waals surface area contributed by atoms with Crippen LogP contribution in [0.4, 0.5) is 5.69 Å². The number of nitrogens with zero attached hydrogens (tertiary/aromatic N) is 3. The summed E-state index contributed by atoms with van der Waals surface area (Å²) < 4.78 is 7.95. The molecule has 2 aliphatic rings. The van der Waals surface area contributed by atoms with Gasteiger partial charge in [-0.25, -0.2) is 0 Å². The van der Waals surface area contributed by atoms with Crippen molar-refractivity contribution in [3.05, 3.63) is 35.9 Å². The van der Waals surface area contributed by atoms with E-state index in [9.17, 15) is 4.79 Å². The van der Waals surface area contributed by atoms with Crippen LogP contribution in [0.5, 0.6) is 5.75 Å². The Kier molecular flexibility index (Phi) is 5.93. The van der Waals surface area contributed by atoms with Gasteiger partial charge in [0, 0.05) is 25.3 Å². The maximum absolute atomic E-state index is 12.6. The minimum absolute atomic E-state index is 0.0610. The summed E-state index contributed by atoms with van der Waals surface area (Å²) in [4.78, 5) is 12.6. The van der Waals surface area contributed by atoms with E-state index in [4.69, 9.17) is 4.74 Å².